The van der Waals surface area contributed by atoms with Gasteiger partial charge in [-0.1, -0.05) is 173 Å². The van der Waals surface area contributed by atoms with Crippen LogP contribution < -0.4 is 10.6 Å². The minimum absolute atomic E-state index is 0.00215. The number of fused-ring (bicyclic) bond motifs is 7. The van der Waals surface area contributed by atoms with Crippen LogP contribution in [0.4, 0.5) is 15.3 Å². The molecule has 27 heteroatoms. The van der Waals surface area contributed by atoms with Crippen LogP contribution in [0.5, 0.6) is 0 Å². The van der Waals surface area contributed by atoms with E-state index >= 15 is 0 Å². The summed E-state index contributed by atoms with van der Waals surface area (Å²) in [6.45, 7) is 10.1. The Labute approximate surface area is 754 Å². The van der Waals surface area contributed by atoms with Crippen molar-refractivity contribution in [3.63, 3.8) is 0 Å². The molecule has 0 radical (unpaired) electrons. The van der Waals surface area contributed by atoms with Gasteiger partial charge in [-0.15, -0.1) is 0 Å². The summed E-state index contributed by atoms with van der Waals surface area (Å²) >= 11 is -1.44. The van der Waals surface area contributed by atoms with E-state index in [1.165, 1.54) is 56.3 Å². The van der Waals surface area contributed by atoms with Crippen LogP contribution in [0.15, 0.2) is 210 Å². The van der Waals surface area contributed by atoms with Crippen molar-refractivity contribution in [3.8, 4) is 44.8 Å². The topological polar surface area (TPSA) is 327 Å². The van der Waals surface area contributed by atoms with E-state index in [1.54, 1.807) is 0 Å². The van der Waals surface area contributed by atoms with E-state index < -0.39 is 62.9 Å². The molecule has 0 spiro atoms. The SMILES string of the molecule is COC(=O)C[C@@H](C(=O)N1CCC[C@H]1C1=NC2=C(C1)c1ccc(-c3ccc4cc(-c5cnc([C@@H]6CCCN6C(=O)[C@@H](NC(=O)OC)C(C)C)[nH]5)ccc4c3)cc1CC2)c1ccccc1.COC(=O)C[C@@H](C(=O)N1CCC[C@H]1C1=Nc2ccc3cc(-c4ccc5cc(-c6cnc([C@@H]7CCCN7C(=O)[C@@H](NC(=O)OC)C(C)C)[nH]6)ccc5c4)ccc3c2C1)c1ccccc1.[O]=[Mn]=[O]. The zero-order valence-electron chi connectivity index (χ0n) is 73.6. The van der Waals surface area contributed by atoms with Crippen LogP contribution in [0.2, 0.25) is 0 Å². The molecule has 1 aliphatic carbocycles. The summed E-state index contributed by atoms with van der Waals surface area (Å²) in [6, 6.07) is 60.6. The average molecular weight is 1780 g/mol. The number of esters is 2. The quantitative estimate of drug-likeness (QED) is 0.0278. The number of carbonyl (C=O) groups excluding carboxylic acids is 8. The number of likely N-dealkylation sites (tertiary alicyclic amines) is 4. The molecule has 4 fully saturated rings. The molecule has 0 unspecified atom stereocenters. The number of hydrogen-bond donors (Lipinski definition) is 4. The number of hydrogen-bond acceptors (Lipinski definition) is 18. The van der Waals surface area contributed by atoms with E-state index in [4.69, 9.17) is 46.6 Å². The van der Waals surface area contributed by atoms with Crippen molar-refractivity contribution < 1.29 is 79.8 Å². The predicted octanol–water partition coefficient (Wildman–Crippen LogP) is 17.6. The summed E-state index contributed by atoms with van der Waals surface area (Å²) < 4.78 is 36.4. The molecule has 0 saturated carbocycles. The first kappa shape index (κ1) is 89.1. The van der Waals surface area contributed by atoms with Gasteiger partial charge in [0.1, 0.15) is 23.7 Å². The number of H-pyrrole nitrogens is 2. The molecule has 26 nitrogen and oxygen atoms in total. The summed E-state index contributed by atoms with van der Waals surface area (Å²) in [5, 5.41) is 12.2. The first-order chi connectivity index (χ1) is 62.6. The van der Waals surface area contributed by atoms with Crippen LogP contribution in [0, 0.1) is 11.8 Å². The molecular weight excluding hydrogens is 1670 g/mol. The van der Waals surface area contributed by atoms with Crippen molar-refractivity contribution in [3.05, 3.63) is 240 Å². The summed E-state index contributed by atoms with van der Waals surface area (Å²) in [7, 11) is 5.32. The van der Waals surface area contributed by atoms with Crippen LogP contribution in [0.25, 0.3) is 82.7 Å². The monoisotopic (exact) mass is 1780 g/mol. The molecule has 4 saturated heterocycles. The molecule has 0 bridgehead atoms. The second kappa shape index (κ2) is 39.5. The minimum atomic E-state index is -1.44. The molecule has 11 aromatic rings. The second-order valence-corrected chi connectivity index (χ2v) is 35.0. The summed E-state index contributed by atoms with van der Waals surface area (Å²) in [6.07, 6.45) is 12.4. The number of aromatic amines is 2. The fourth-order valence-electron chi connectivity index (χ4n) is 19.8. The number of rotatable bonds is 22. The van der Waals surface area contributed by atoms with Gasteiger partial charge < -0.3 is 59.1 Å². The van der Waals surface area contributed by atoms with Crippen LogP contribution in [-0.2, 0) is 83.0 Å². The molecule has 6 amide bonds. The summed E-state index contributed by atoms with van der Waals surface area (Å²) in [5.74, 6) is -1.10. The van der Waals surface area contributed by atoms with E-state index in [0.717, 1.165) is 188 Å². The van der Waals surface area contributed by atoms with Crippen LogP contribution >= 0.6 is 0 Å². The Balaban J connectivity index is 0.000000184. The van der Waals surface area contributed by atoms with Crippen molar-refractivity contribution in [2.45, 2.75) is 166 Å². The van der Waals surface area contributed by atoms with Crippen LogP contribution in [0.3, 0.4) is 0 Å². The fourth-order valence-corrected chi connectivity index (χ4v) is 19.8. The van der Waals surface area contributed by atoms with Gasteiger partial charge in [0.05, 0.1) is 107 Å². The molecule has 129 heavy (non-hydrogen) atoms. The van der Waals surface area contributed by atoms with E-state index in [-0.39, 0.29) is 72.5 Å². The number of benzene rings is 9. The number of imidazole rings is 2. The Morgan fingerprint density at radius 2 is 0.829 bits per heavy atom. The van der Waals surface area contributed by atoms with E-state index in [1.807, 2.05) is 120 Å². The summed E-state index contributed by atoms with van der Waals surface area (Å²) in [5.41, 5.74) is 19.1. The molecule has 7 aliphatic rings. The van der Waals surface area contributed by atoms with Crippen molar-refractivity contribution >= 4 is 103 Å². The molecule has 4 N–H and O–H groups in total. The van der Waals surface area contributed by atoms with E-state index in [2.05, 4.69) is 142 Å². The van der Waals surface area contributed by atoms with Gasteiger partial charge in [-0.25, -0.2) is 19.6 Å². The number of ether oxygens (including phenoxy) is 4. The molecular formula is C102H106MnN12O14. The Morgan fingerprint density at radius 3 is 1.28 bits per heavy atom. The third-order valence-corrected chi connectivity index (χ3v) is 26.5. The number of nitrogens with zero attached hydrogens (tertiary/aromatic N) is 8. The van der Waals surface area contributed by atoms with E-state index in [9.17, 15) is 38.4 Å². The number of nitrogens with one attached hydrogen (secondary N) is 4. The number of amides is 6. The Bertz CT molecular complexity index is 6270. The van der Waals surface area contributed by atoms with Gasteiger partial charge in [0.2, 0.25) is 23.6 Å². The van der Waals surface area contributed by atoms with Crippen molar-refractivity contribution in [1.82, 2.24) is 50.2 Å². The first-order valence-corrected chi connectivity index (χ1v) is 45.4. The van der Waals surface area contributed by atoms with Crippen molar-refractivity contribution in [2.24, 2.45) is 21.8 Å². The molecule has 2 aromatic heterocycles. The second-order valence-electron chi connectivity index (χ2n) is 34.8. The van der Waals surface area contributed by atoms with E-state index in [0.29, 0.717) is 32.6 Å². The third-order valence-electron chi connectivity index (χ3n) is 26.5. The number of alkyl carbamates (subject to hydrolysis) is 2. The first-order valence-electron chi connectivity index (χ1n) is 44.4. The molecule has 8 heterocycles. The number of aliphatic imine (C=N–C) groups is 2. The van der Waals surface area contributed by atoms with Gasteiger partial charge in [-0.05, 0) is 200 Å². The Hall–Kier alpha value is -13.3. The molecule has 18 rings (SSSR count). The molecule has 6 aliphatic heterocycles. The van der Waals surface area contributed by atoms with Crippen LogP contribution in [0.1, 0.15) is 168 Å². The summed E-state index contributed by atoms with van der Waals surface area (Å²) in [4.78, 5) is 139. The standard InChI is InChI=1S/C51H54N6O6.C51H52N6O6.Mn.2O/c2*1-30(2)47(55-51(61)63-4)50(60)57-23-9-13-45(57)48-52-29-43(54-48)37-17-16-33-24-32(14-15-34(33)26-37)35-18-20-38-36(25-35)19-21-41-40(38)27-42(53-41)44-12-8-22-56(44)49(59)39(28-46(58)62-3)31-10-6-5-7-11-31;;;/h5-7,10-11,14-18,20,24-26,29-30,39,44-45,47H,8-9,12-13,19,21-23,27-28H2,1-4H3,(H,52,54)(H,55,61);5-7,10-11,14-21,24-26,29-30,39,44-45,47H,8-9,12-13,22-23,27-28H2,1-4H3,(H,52,54)(H,55,61);;;/t2*39-,44+,45+,47+;;;/m11.../s1. The van der Waals surface area contributed by atoms with Crippen molar-refractivity contribution in [2.75, 3.05) is 54.6 Å². The predicted molar refractivity (Wildman–Crippen MR) is 488 cm³/mol. The average Bonchev–Trinajstić information content (AvgIpc) is 1.68. The van der Waals surface area contributed by atoms with Gasteiger partial charge in [0.15, 0.2) is 0 Å². The van der Waals surface area contributed by atoms with Crippen molar-refractivity contribution in [1.29, 1.82) is 0 Å². The number of allylic oxidation sites excluding steroid dienone is 2. The number of aromatic nitrogens is 4. The van der Waals surface area contributed by atoms with Gasteiger partial charge in [0.25, 0.3) is 0 Å². The third kappa shape index (κ3) is 19.0. The maximum absolute atomic E-state index is 14.2. The fraction of sp³-hybridized carbons (Fsp3) is 0.353. The number of methoxy groups -OCH3 is 4. The van der Waals surface area contributed by atoms with Gasteiger partial charge >= 0.3 is 46.6 Å². The van der Waals surface area contributed by atoms with Gasteiger partial charge in [-0.2, -0.15) is 0 Å². The number of carbonyl (C=O) groups is 8. The zero-order chi connectivity index (χ0) is 90.3. The maximum atomic E-state index is 14.2. The zero-order valence-corrected chi connectivity index (χ0v) is 74.8. The van der Waals surface area contributed by atoms with Crippen LogP contribution in [-0.4, -0.2) is 177 Å². The van der Waals surface area contributed by atoms with Gasteiger partial charge in [0, 0.05) is 67.3 Å². The molecule has 665 valence electrons. The molecule has 8 atom stereocenters. The normalized spacial score (nSPS) is 18.3. The number of aryl methyl sites for hydroxylation is 1. The van der Waals surface area contributed by atoms with Gasteiger partial charge in [-0.3, -0.25) is 38.8 Å². The molecule has 9 aromatic carbocycles. The Kier molecular flexibility index (Phi) is 27.3. The Morgan fingerprint density at radius 1 is 0.434 bits per heavy atom.